The predicted octanol–water partition coefficient (Wildman–Crippen LogP) is 4.60. The molecule has 27 heavy (non-hydrogen) atoms. The Morgan fingerprint density at radius 1 is 0.926 bits per heavy atom. The van der Waals surface area contributed by atoms with Gasteiger partial charge in [0, 0.05) is 20.9 Å². The number of halogens is 2. The van der Waals surface area contributed by atoms with Crippen molar-refractivity contribution >= 4 is 49.5 Å². The number of hydrogen-bond acceptors (Lipinski definition) is 4. The minimum Gasteiger partial charge on any atom is -0.456 e. The van der Waals surface area contributed by atoms with Crippen LogP contribution in [-0.2, 0) is 14.3 Å². The highest BCUT2D eigenvalue weighted by molar-refractivity contribution is 9.10. The first-order valence-electron chi connectivity index (χ1n) is 8.34. The third-order valence-corrected chi connectivity index (χ3v) is 4.89. The van der Waals surface area contributed by atoms with Crippen molar-refractivity contribution in [1.82, 2.24) is 5.32 Å². The fourth-order valence-corrected chi connectivity index (χ4v) is 2.86. The van der Waals surface area contributed by atoms with Crippen molar-refractivity contribution in [2.75, 3.05) is 6.61 Å². The molecule has 0 radical (unpaired) electrons. The van der Waals surface area contributed by atoms with Crippen molar-refractivity contribution in [3.8, 4) is 0 Å². The molecule has 1 N–H and O–H groups in total. The largest absolute Gasteiger partial charge is 0.456 e. The molecule has 7 heteroatoms. The zero-order chi connectivity index (χ0) is 19.8. The van der Waals surface area contributed by atoms with Crippen LogP contribution in [0.1, 0.15) is 41.7 Å². The molecule has 1 atom stereocenters. The number of amides is 1. The lowest BCUT2D eigenvalue weighted by Gasteiger charge is -2.14. The van der Waals surface area contributed by atoms with Gasteiger partial charge in [0.15, 0.2) is 12.4 Å². The van der Waals surface area contributed by atoms with Gasteiger partial charge in [-0.3, -0.25) is 14.4 Å². The minimum absolute atomic E-state index is 0.0391. The maximum atomic E-state index is 12.0. The molecular formula is C20H19Br2NO4. The van der Waals surface area contributed by atoms with E-state index in [1.54, 1.807) is 24.3 Å². The van der Waals surface area contributed by atoms with E-state index in [0.29, 0.717) is 5.56 Å². The number of carbonyl (C=O) groups excluding carboxylic acids is 3. The van der Waals surface area contributed by atoms with Gasteiger partial charge in [0.05, 0.1) is 12.5 Å². The molecule has 0 heterocycles. The second kappa shape index (κ2) is 10.4. The van der Waals surface area contributed by atoms with Crippen molar-refractivity contribution in [3.63, 3.8) is 0 Å². The lowest BCUT2D eigenvalue weighted by molar-refractivity contribution is -0.148. The minimum atomic E-state index is -0.577. The predicted molar refractivity (Wildman–Crippen MR) is 109 cm³/mol. The molecule has 0 bridgehead atoms. The number of benzene rings is 2. The van der Waals surface area contributed by atoms with Crippen molar-refractivity contribution < 1.29 is 19.1 Å². The molecule has 0 saturated heterocycles. The highest BCUT2D eigenvalue weighted by Crippen LogP contribution is 2.16. The first-order valence-corrected chi connectivity index (χ1v) is 9.93. The molecule has 5 nitrogen and oxygen atoms in total. The molecule has 1 unspecified atom stereocenters. The summed E-state index contributed by atoms with van der Waals surface area (Å²) in [6.07, 6.45) is -0.0260. The normalized spacial score (nSPS) is 11.5. The van der Waals surface area contributed by atoms with Gasteiger partial charge >= 0.3 is 5.97 Å². The Labute approximate surface area is 174 Å². The molecule has 0 aromatic heterocycles. The van der Waals surface area contributed by atoms with Crippen LogP contribution in [0, 0.1) is 0 Å². The molecule has 142 valence electrons. The third kappa shape index (κ3) is 7.27. The van der Waals surface area contributed by atoms with Crippen LogP contribution in [0.25, 0.3) is 0 Å². The summed E-state index contributed by atoms with van der Waals surface area (Å²) < 4.78 is 6.78. The Morgan fingerprint density at radius 2 is 1.48 bits per heavy atom. The van der Waals surface area contributed by atoms with E-state index in [1.165, 1.54) is 0 Å². The third-order valence-electron chi connectivity index (χ3n) is 3.83. The molecule has 0 spiro atoms. The Balaban J connectivity index is 1.71. The monoisotopic (exact) mass is 495 g/mol. The highest BCUT2D eigenvalue weighted by atomic mass is 79.9. The molecule has 0 aliphatic rings. The van der Waals surface area contributed by atoms with E-state index in [1.807, 2.05) is 31.2 Å². The maximum absolute atomic E-state index is 12.0. The zero-order valence-corrected chi connectivity index (χ0v) is 17.9. The highest BCUT2D eigenvalue weighted by Gasteiger charge is 2.14. The summed E-state index contributed by atoms with van der Waals surface area (Å²) in [6, 6.07) is 14.3. The van der Waals surface area contributed by atoms with E-state index in [-0.39, 0.29) is 31.3 Å². The average molecular weight is 497 g/mol. The van der Waals surface area contributed by atoms with Gasteiger partial charge in [0.2, 0.25) is 0 Å². The van der Waals surface area contributed by atoms with Gasteiger partial charge in [0.1, 0.15) is 0 Å². The number of Topliss-reactive ketones (excluding diaryl/α,β-unsaturated/α-hetero) is 1. The van der Waals surface area contributed by atoms with Crippen LogP contribution in [0.2, 0.25) is 0 Å². The maximum Gasteiger partial charge on any atom is 0.306 e. The fourth-order valence-electron chi connectivity index (χ4n) is 2.33. The molecular weight excluding hydrogens is 478 g/mol. The first kappa shape index (κ1) is 21.3. The second-order valence-electron chi connectivity index (χ2n) is 5.93. The number of carbonyl (C=O) groups is 3. The summed E-state index contributed by atoms with van der Waals surface area (Å²) in [4.78, 5) is 35.7. The van der Waals surface area contributed by atoms with Crippen molar-refractivity contribution in [3.05, 3.63) is 68.6 Å². The van der Waals surface area contributed by atoms with E-state index in [9.17, 15) is 14.4 Å². The van der Waals surface area contributed by atoms with Gasteiger partial charge in [-0.1, -0.05) is 56.1 Å². The van der Waals surface area contributed by atoms with E-state index < -0.39 is 11.9 Å². The summed E-state index contributed by atoms with van der Waals surface area (Å²) in [7, 11) is 0. The molecule has 0 aliphatic carbocycles. The van der Waals surface area contributed by atoms with Gasteiger partial charge < -0.3 is 10.1 Å². The molecule has 0 fully saturated rings. The molecule has 2 aromatic carbocycles. The summed E-state index contributed by atoms with van der Waals surface area (Å²) in [5, 5.41) is 2.76. The van der Waals surface area contributed by atoms with E-state index in [0.717, 1.165) is 14.5 Å². The Bertz CT molecular complexity index is 804. The first-order chi connectivity index (χ1) is 12.8. The number of ketones is 1. The number of esters is 1. The number of hydrogen-bond donors (Lipinski definition) is 1. The van der Waals surface area contributed by atoms with Crippen LogP contribution < -0.4 is 5.32 Å². The Hall–Kier alpha value is -1.99. The summed E-state index contributed by atoms with van der Waals surface area (Å²) >= 11 is 6.66. The van der Waals surface area contributed by atoms with E-state index in [4.69, 9.17) is 4.74 Å². The van der Waals surface area contributed by atoms with E-state index in [2.05, 4.69) is 37.2 Å². The van der Waals surface area contributed by atoms with Crippen LogP contribution in [0.15, 0.2) is 57.5 Å². The number of ether oxygens (including phenoxy) is 1. The fraction of sp³-hybridized carbons (Fsp3) is 0.250. The van der Waals surface area contributed by atoms with Crippen molar-refractivity contribution in [1.29, 1.82) is 0 Å². The van der Waals surface area contributed by atoms with Crippen LogP contribution in [0.5, 0.6) is 0 Å². The molecule has 1 amide bonds. The average Bonchev–Trinajstić information content (AvgIpc) is 2.65. The van der Waals surface area contributed by atoms with Gasteiger partial charge in [-0.05, 0) is 36.8 Å². The van der Waals surface area contributed by atoms with Crippen LogP contribution in [0.3, 0.4) is 0 Å². The lowest BCUT2D eigenvalue weighted by atomic mass is 10.1. The standard InChI is InChI=1S/C20H19Br2NO4/c1-13(14-2-6-16(21)7-3-14)23-19(25)12-27-20(26)11-10-18(24)15-4-8-17(22)9-5-15/h2-9,13H,10-12H2,1H3,(H,23,25). The van der Waals surface area contributed by atoms with Gasteiger partial charge in [0.25, 0.3) is 5.91 Å². The molecule has 2 aromatic rings. The second-order valence-corrected chi connectivity index (χ2v) is 7.76. The van der Waals surface area contributed by atoms with Crippen molar-refractivity contribution in [2.24, 2.45) is 0 Å². The number of rotatable bonds is 8. The van der Waals surface area contributed by atoms with Crippen molar-refractivity contribution in [2.45, 2.75) is 25.8 Å². The summed E-state index contributed by atoms with van der Waals surface area (Å²) in [5.41, 5.74) is 1.48. The van der Waals surface area contributed by atoms with Gasteiger partial charge in [-0.25, -0.2) is 0 Å². The Morgan fingerprint density at radius 3 is 2.07 bits per heavy atom. The van der Waals surface area contributed by atoms with Gasteiger partial charge in [-0.15, -0.1) is 0 Å². The smallest absolute Gasteiger partial charge is 0.306 e. The quantitative estimate of drug-likeness (QED) is 0.428. The molecule has 2 rings (SSSR count). The molecule has 0 saturated carbocycles. The van der Waals surface area contributed by atoms with Crippen LogP contribution >= 0.6 is 31.9 Å². The SMILES string of the molecule is CC(NC(=O)COC(=O)CCC(=O)c1ccc(Br)cc1)c1ccc(Br)cc1. The van der Waals surface area contributed by atoms with E-state index >= 15 is 0 Å². The summed E-state index contributed by atoms with van der Waals surface area (Å²) in [6.45, 7) is 1.48. The van der Waals surface area contributed by atoms with Crippen LogP contribution in [0.4, 0.5) is 0 Å². The number of nitrogens with one attached hydrogen (secondary N) is 1. The lowest BCUT2D eigenvalue weighted by Crippen LogP contribution is -2.31. The molecule has 0 aliphatic heterocycles. The van der Waals surface area contributed by atoms with Gasteiger partial charge in [-0.2, -0.15) is 0 Å². The Kier molecular flexibility index (Phi) is 8.19. The zero-order valence-electron chi connectivity index (χ0n) is 14.7. The summed E-state index contributed by atoms with van der Waals surface area (Å²) in [5.74, 6) is -1.11. The van der Waals surface area contributed by atoms with Crippen LogP contribution in [-0.4, -0.2) is 24.3 Å². The topological polar surface area (TPSA) is 72.5 Å².